The smallest absolute Gasteiger partial charge is 0.410 e. The van der Waals surface area contributed by atoms with Gasteiger partial charge in [0.2, 0.25) is 0 Å². The van der Waals surface area contributed by atoms with Crippen molar-refractivity contribution in [1.29, 1.82) is 0 Å². The number of rotatable bonds is 5. The quantitative estimate of drug-likeness (QED) is 0.815. The number of carbonyl (C=O) groups is 2. The van der Waals surface area contributed by atoms with Gasteiger partial charge in [-0.2, -0.15) is 0 Å². The monoisotopic (exact) mass is 362 g/mol. The van der Waals surface area contributed by atoms with Crippen molar-refractivity contribution in [3.63, 3.8) is 0 Å². The van der Waals surface area contributed by atoms with Gasteiger partial charge in [0.1, 0.15) is 5.60 Å². The molecule has 1 unspecified atom stereocenters. The van der Waals surface area contributed by atoms with Gasteiger partial charge in [-0.1, -0.05) is 30.3 Å². The van der Waals surface area contributed by atoms with E-state index in [9.17, 15) is 9.59 Å². The third-order valence-electron chi connectivity index (χ3n) is 4.32. The number of hydrogen-bond donors (Lipinski definition) is 1. The molecule has 26 heavy (non-hydrogen) atoms. The van der Waals surface area contributed by atoms with Crippen LogP contribution in [-0.2, 0) is 14.3 Å². The standard InChI is InChI=1S/C20H30N2O4/c1-6-25-18(23)16-12-22(19(24)26-20(3,4)5)13-17(16)21-14(2)15-10-8-7-9-11-15/h7-11,14,16-17,21H,6,12-13H2,1-5H3/t14?,16-,17-/m0/s1. The van der Waals surface area contributed by atoms with Crippen LogP contribution in [0.2, 0.25) is 0 Å². The number of benzene rings is 1. The first-order valence-corrected chi connectivity index (χ1v) is 9.17. The average Bonchev–Trinajstić information content (AvgIpc) is 2.98. The van der Waals surface area contributed by atoms with E-state index in [2.05, 4.69) is 5.32 Å². The van der Waals surface area contributed by atoms with E-state index in [0.29, 0.717) is 19.7 Å². The van der Waals surface area contributed by atoms with E-state index >= 15 is 0 Å². The third-order valence-corrected chi connectivity index (χ3v) is 4.32. The Morgan fingerprint density at radius 2 is 1.88 bits per heavy atom. The normalized spacial score (nSPS) is 21.3. The Balaban J connectivity index is 2.10. The number of ether oxygens (including phenoxy) is 2. The lowest BCUT2D eigenvalue weighted by Crippen LogP contribution is -2.41. The first-order chi connectivity index (χ1) is 12.2. The highest BCUT2D eigenvalue weighted by molar-refractivity contribution is 5.77. The number of amides is 1. The van der Waals surface area contributed by atoms with Crippen LogP contribution in [0.4, 0.5) is 4.79 Å². The molecule has 0 aromatic heterocycles. The molecule has 1 fully saturated rings. The minimum Gasteiger partial charge on any atom is -0.466 e. The fourth-order valence-electron chi connectivity index (χ4n) is 3.10. The van der Waals surface area contributed by atoms with E-state index in [4.69, 9.17) is 9.47 Å². The molecule has 6 nitrogen and oxygen atoms in total. The highest BCUT2D eigenvalue weighted by Crippen LogP contribution is 2.24. The second kappa shape index (κ2) is 8.54. The van der Waals surface area contributed by atoms with Gasteiger partial charge in [-0.05, 0) is 40.2 Å². The largest absolute Gasteiger partial charge is 0.466 e. The lowest BCUT2D eigenvalue weighted by molar-refractivity contribution is -0.148. The molecular formula is C20H30N2O4. The fraction of sp³-hybridized carbons (Fsp3) is 0.600. The van der Waals surface area contributed by atoms with Crippen molar-refractivity contribution in [2.24, 2.45) is 5.92 Å². The first-order valence-electron chi connectivity index (χ1n) is 9.17. The Kier molecular flexibility index (Phi) is 6.64. The van der Waals surface area contributed by atoms with Gasteiger partial charge in [-0.15, -0.1) is 0 Å². The van der Waals surface area contributed by atoms with Gasteiger partial charge in [0.25, 0.3) is 0 Å². The third kappa shape index (κ3) is 5.46. The predicted molar refractivity (Wildman–Crippen MR) is 99.7 cm³/mol. The van der Waals surface area contributed by atoms with Crippen LogP contribution in [0.1, 0.15) is 46.2 Å². The maximum Gasteiger partial charge on any atom is 0.410 e. The van der Waals surface area contributed by atoms with Crippen molar-refractivity contribution in [2.45, 2.75) is 52.3 Å². The average molecular weight is 362 g/mol. The molecule has 3 atom stereocenters. The van der Waals surface area contributed by atoms with Crippen LogP contribution in [0.3, 0.4) is 0 Å². The van der Waals surface area contributed by atoms with E-state index in [1.807, 2.05) is 58.0 Å². The van der Waals surface area contributed by atoms with Crippen LogP contribution in [0, 0.1) is 5.92 Å². The number of nitrogens with zero attached hydrogens (tertiary/aromatic N) is 1. The maximum atomic E-state index is 12.4. The van der Waals surface area contributed by atoms with Crippen molar-refractivity contribution in [2.75, 3.05) is 19.7 Å². The molecule has 0 aliphatic carbocycles. The van der Waals surface area contributed by atoms with Crippen LogP contribution in [-0.4, -0.2) is 48.3 Å². The molecule has 1 aliphatic heterocycles. The molecule has 0 radical (unpaired) electrons. The Hall–Kier alpha value is -2.08. The van der Waals surface area contributed by atoms with Crippen LogP contribution >= 0.6 is 0 Å². The Morgan fingerprint density at radius 3 is 2.46 bits per heavy atom. The highest BCUT2D eigenvalue weighted by Gasteiger charge is 2.42. The summed E-state index contributed by atoms with van der Waals surface area (Å²) in [7, 11) is 0. The van der Waals surface area contributed by atoms with Gasteiger partial charge in [0.15, 0.2) is 0 Å². The van der Waals surface area contributed by atoms with Crippen molar-refractivity contribution in [3.8, 4) is 0 Å². The van der Waals surface area contributed by atoms with Crippen LogP contribution in [0.15, 0.2) is 30.3 Å². The van der Waals surface area contributed by atoms with Gasteiger partial charge < -0.3 is 19.7 Å². The first kappa shape index (κ1) is 20.2. The zero-order valence-electron chi connectivity index (χ0n) is 16.3. The fourth-order valence-corrected chi connectivity index (χ4v) is 3.10. The SMILES string of the molecule is CCOC(=O)[C@H]1CN(C(=O)OC(C)(C)C)C[C@@H]1NC(C)c1ccccc1. The van der Waals surface area contributed by atoms with Crippen molar-refractivity contribution >= 4 is 12.1 Å². The molecule has 6 heteroatoms. The highest BCUT2D eigenvalue weighted by atomic mass is 16.6. The summed E-state index contributed by atoms with van der Waals surface area (Å²) in [5, 5.41) is 3.48. The number of likely N-dealkylation sites (tertiary alicyclic amines) is 1. The molecule has 1 aromatic carbocycles. The Morgan fingerprint density at radius 1 is 1.23 bits per heavy atom. The van der Waals surface area contributed by atoms with Gasteiger partial charge in [-0.25, -0.2) is 4.79 Å². The van der Waals surface area contributed by atoms with E-state index in [1.165, 1.54) is 0 Å². The molecule has 1 saturated heterocycles. The second-order valence-corrected chi connectivity index (χ2v) is 7.65. The number of hydrogen-bond acceptors (Lipinski definition) is 5. The van der Waals surface area contributed by atoms with E-state index < -0.39 is 17.6 Å². The van der Waals surface area contributed by atoms with Crippen LogP contribution < -0.4 is 5.32 Å². The molecule has 0 bridgehead atoms. The molecule has 0 saturated carbocycles. The summed E-state index contributed by atoms with van der Waals surface area (Å²) >= 11 is 0. The van der Waals surface area contributed by atoms with Gasteiger partial charge >= 0.3 is 12.1 Å². The van der Waals surface area contributed by atoms with Crippen LogP contribution in [0.5, 0.6) is 0 Å². The van der Waals surface area contributed by atoms with E-state index in [0.717, 1.165) is 5.56 Å². The van der Waals surface area contributed by atoms with Crippen molar-refractivity contribution < 1.29 is 19.1 Å². The molecule has 1 aliphatic rings. The number of esters is 1. The van der Waals surface area contributed by atoms with Crippen molar-refractivity contribution in [3.05, 3.63) is 35.9 Å². The summed E-state index contributed by atoms with van der Waals surface area (Å²) in [6.07, 6.45) is -0.400. The minimum atomic E-state index is -0.570. The Labute approximate surface area is 155 Å². The molecule has 1 heterocycles. The van der Waals surface area contributed by atoms with E-state index in [1.54, 1.807) is 11.8 Å². The lowest BCUT2D eigenvalue weighted by Gasteiger charge is -2.25. The topological polar surface area (TPSA) is 67.9 Å². The number of nitrogens with one attached hydrogen (secondary N) is 1. The molecule has 2 rings (SSSR count). The van der Waals surface area contributed by atoms with E-state index in [-0.39, 0.29) is 18.1 Å². The molecule has 1 amide bonds. The summed E-state index contributed by atoms with van der Waals surface area (Å²) in [5.41, 5.74) is 0.560. The molecule has 0 spiro atoms. The van der Waals surface area contributed by atoms with Gasteiger partial charge in [0.05, 0.1) is 12.5 Å². The predicted octanol–water partition coefficient (Wildman–Crippen LogP) is 3.14. The van der Waals surface area contributed by atoms with Gasteiger partial charge in [0, 0.05) is 25.2 Å². The molecule has 1 N–H and O–H groups in total. The summed E-state index contributed by atoms with van der Waals surface area (Å²) in [6.45, 7) is 10.4. The lowest BCUT2D eigenvalue weighted by atomic mass is 10.0. The summed E-state index contributed by atoms with van der Waals surface area (Å²) in [4.78, 5) is 26.4. The molecule has 1 aromatic rings. The number of carbonyl (C=O) groups excluding carboxylic acids is 2. The van der Waals surface area contributed by atoms with Crippen LogP contribution in [0.25, 0.3) is 0 Å². The zero-order chi connectivity index (χ0) is 19.3. The Bertz CT molecular complexity index is 612. The minimum absolute atomic E-state index is 0.0525. The summed E-state index contributed by atoms with van der Waals surface area (Å²) in [5.74, 6) is -0.690. The molecular weight excluding hydrogens is 332 g/mol. The zero-order valence-corrected chi connectivity index (χ0v) is 16.3. The summed E-state index contributed by atoms with van der Waals surface area (Å²) in [6, 6.07) is 9.89. The maximum absolute atomic E-state index is 12.4. The second-order valence-electron chi connectivity index (χ2n) is 7.65. The summed E-state index contributed by atoms with van der Waals surface area (Å²) < 4.78 is 10.7. The molecule has 144 valence electrons. The van der Waals surface area contributed by atoms with Crippen molar-refractivity contribution in [1.82, 2.24) is 10.2 Å². The van der Waals surface area contributed by atoms with Gasteiger partial charge in [-0.3, -0.25) is 4.79 Å².